The van der Waals surface area contributed by atoms with Gasteiger partial charge in [-0.3, -0.25) is 0 Å². The quantitative estimate of drug-likeness (QED) is 0.726. The second-order valence-electron chi connectivity index (χ2n) is 3.60. The standard InChI is InChI=1S/C12H11NO/c1-8-2-10(7-14)4-11-3-9(6-13)5-12(8)11/h2,4-5,14H,3,7H2,1H3. The lowest BCUT2D eigenvalue weighted by atomic mass is 10.0. The van der Waals surface area contributed by atoms with Crippen LogP contribution >= 0.6 is 0 Å². The van der Waals surface area contributed by atoms with E-state index in [-0.39, 0.29) is 6.61 Å². The number of allylic oxidation sites excluding steroid dienone is 1. The van der Waals surface area contributed by atoms with Gasteiger partial charge in [0, 0.05) is 12.0 Å². The molecule has 0 atom stereocenters. The summed E-state index contributed by atoms with van der Waals surface area (Å²) in [7, 11) is 0. The zero-order chi connectivity index (χ0) is 10.1. The molecule has 0 bridgehead atoms. The van der Waals surface area contributed by atoms with Gasteiger partial charge in [0.25, 0.3) is 0 Å². The van der Waals surface area contributed by atoms with Crippen molar-refractivity contribution in [3.05, 3.63) is 40.0 Å². The fourth-order valence-electron chi connectivity index (χ4n) is 1.90. The van der Waals surface area contributed by atoms with Crippen LogP contribution in [0.1, 0.15) is 22.3 Å². The number of rotatable bonds is 1. The predicted molar refractivity (Wildman–Crippen MR) is 54.4 cm³/mol. The van der Waals surface area contributed by atoms with Gasteiger partial charge in [0.1, 0.15) is 0 Å². The highest BCUT2D eigenvalue weighted by molar-refractivity contribution is 5.70. The Bertz CT molecular complexity index is 452. The Kier molecular flexibility index (Phi) is 2.11. The smallest absolute Gasteiger partial charge is 0.0950 e. The van der Waals surface area contributed by atoms with Crippen LogP contribution in [0.3, 0.4) is 0 Å². The molecular weight excluding hydrogens is 174 g/mol. The lowest BCUT2D eigenvalue weighted by Gasteiger charge is -2.05. The van der Waals surface area contributed by atoms with Crippen LogP contribution in [0, 0.1) is 18.3 Å². The van der Waals surface area contributed by atoms with Gasteiger partial charge in [-0.25, -0.2) is 0 Å². The maximum Gasteiger partial charge on any atom is 0.0950 e. The average Bonchev–Trinajstić information content (AvgIpc) is 2.61. The normalized spacial score (nSPS) is 13.4. The van der Waals surface area contributed by atoms with Crippen molar-refractivity contribution in [2.45, 2.75) is 20.0 Å². The van der Waals surface area contributed by atoms with E-state index in [0.717, 1.165) is 27.8 Å². The van der Waals surface area contributed by atoms with Gasteiger partial charge in [-0.2, -0.15) is 5.26 Å². The van der Waals surface area contributed by atoms with E-state index in [9.17, 15) is 0 Å². The first-order valence-corrected chi connectivity index (χ1v) is 4.58. The van der Waals surface area contributed by atoms with Crippen LogP contribution in [0.5, 0.6) is 0 Å². The summed E-state index contributed by atoms with van der Waals surface area (Å²) < 4.78 is 0. The molecule has 0 unspecified atom stereocenters. The maximum atomic E-state index is 9.03. The van der Waals surface area contributed by atoms with Gasteiger partial charge in [-0.05, 0) is 35.3 Å². The molecule has 70 valence electrons. The third-order valence-corrected chi connectivity index (χ3v) is 2.56. The molecule has 0 saturated carbocycles. The van der Waals surface area contributed by atoms with Crippen molar-refractivity contribution in [2.75, 3.05) is 0 Å². The molecule has 0 aliphatic heterocycles. The van der Waals surface area contributed by atoms with E-state index in [0.29, 0.717) is 6.42 Å². The van der Waals surface area contributed by atoms with Crippen molar-refractivity contribution in [2.24, 2.45) is 0 Å². The lowest BCUT2D eigenvalue weighted by molar-refractivity contribution is 0.281. The van der Waals surface area contributed by atoms with Gasteiger partial charge in [-0.15, -0.1) is 0 Å². The summed E-state index contributed by atoms with van der Waals surface area (Å²) in [5.74, 6) is 0. The zero-order valence-corrected chi connectivity index (χ0v) is 8.04. The van der Waals surface area contributed by atoms with E-state index in [1.807, 2.05) is 25.1 Å². The first-order chi connectivity index (χ1) is 6.74. The number of aliphatic hydroxyl groups is 1. The maximum absolute atomic E-state index is 9.03. The largest absolute Gasteiger partial charge is 0.392 e. The van der Waals surface area contributed by atoms with E-state index in [1.165, 1.54) is 0 Å². The summed E-state index contributed by atoms with van der Waals surface area (Å²) in [5, 5.41) is 17.8. The molecule has 1 aromatic carbocycles. The highest BCUT2D eigenvalue weighted by atomic mass is 16.3. The van der Waals surface area contributed by atoms with Gasteiger partial charge in [-0.1, -0.05) is 12.1 Å². The van der Waals surface area contributed by atoms with Crippen LogP contribution in [-0.2, 0) is 13.0 Å². The average molecular weight is 185 g/mol. The Labute approximate surface area is 83.1 Å². The molecule has 0 heterocycles. The Balaban J connectivity index is 2.51. The molecule has 0 radical (unpaired) electrons. The van der Waals surface area contributed by atoms with Crippen LogP contribution in [0.2, 0.25) is 0 Å². The number of aryl methyl sites for hydroxylation is 1. The van der Waals surface area contributed by atoms with Crippen molar-refractivity contribution >= 4 is 6.08 Å². The molecule has 1 N–H and O–H groups in total. The second-order valence-corrected chi connectivity index (χ2v) is 3.60. The molecule has 0 saturated heterocycles. The number of nitrogens with zero attached hydrogens (tertiary/aromatic N) is 1. The van der Waals surface area contributed by atoms with Crippen LogP contribution in [0.4, 0.5) is 0 Å². The van der Waals surface area contributed by atoms with Crippen molar-refractivity contribution < 1.29 is 5.11 Å². The fraction of sp³-hybridized carbons (Fsp3) is 0.250. The Morgan fingerprint density at radius 1 is 1.50 bits per heavy atom. The van der Waals surface area contributed by atoms with Gasteiger partial charge >= 0.3 is 0 Å². The molecule has 2 nitrogen and oxygen atoms in total. The molecule has 0 fully saturated rings. The highest BCUT2D eigenvalue weighted by Gasteiger charge is 2.14. The summed E-state index contributed by atoms with van der Waals surface area (Å²) in [6.07, 6.45) is 2.65. The van der Waals surface area contributed by atoms with Crippen LogP contribution in [-0.4, -0.2) is 5.11 Å². The molecule has 2 rings (SSSR count). The minimum Gasteiger partial charge on any atom is -0.392 e. The van der Waals surface area contributed by atoms with E-state index in [2.05, 4.69) is 6.07 Å². The molecule has 14 heavy (non-hydrogen) atoms. The minimum absolute atomic E-state index is 0.0655. The Morgan fingerprint density at radius 3 is 2.93 bits per heavy atom. The first kappa shape index (κ1) is 8.98. The van der Waals surface area contributed by atoms with Gasteiger partial charge in [0.2, 0.25) is 0 Å². The number of benzene rings is 1. The van der Waals surface area contributed by atoms with Crippen LogP contribution in [0.15, 0.2) is 17.7 Å². The van der Waals surface area contributed by atoms with Crippen molar-refractivity contribution in [3.8, 4) is 6.07 Å². The number of fused-ring (bicyclic) bond motifs is 1. The Hall–Kier alpha value is -1.59. The van der Waals surface area contributed by atoms with Crippen LogP contribution < -0.4 is 0 Å². The Morgan fingerprint density at radius 2 is 2.29 bits per heavy atom. The second kappa shape index (κ2) is 3.28. The lowest BCUT2D eigenvalue weighted by Crippen LogP contribution is -1.92. The number of aliphatic hydroxyl groups excluding tert-OH is 1. The van der Waals surface area contributed by atoms with Crippen molar-refractivity contribution in [1.29, 1.82) is 5.26 Å². The van der Waals surface area contributed by atoms with E-state index in [4.69, 9.17) is 10.4 Å². The third kappa shape index (κ3) is 1.32. The summed E-state index contributed by atoms with van der Waals surface area (Å²) in [5.41, 5.74) is 5.17. The molecule has 0 aromatic heterocycles. The minimum atomic E-state index is 0.0655. The molecule has 0 spiro atoms. The summed E-state index contributed by atoms with van der Waals surface area (Å²) in [6, 6.07) is 6.12. The molecular formula is C12H11NO. The molecule has 1 aliphatic rings. The highest BCUT2D eigenvalue weighted by Crippen LogP contribution is 2.28. The number of hydrogen-bond acceptors (Lipinski definition) is 2. The fourth-order valence-corrected chi connectivity index (χ4v) is 1.90. The first-order valence-electron chi connectivity index (χ1n) is 4.58. The zero-order valence-electron chi connectivity index (χ0n) is 8.04. The molecule has 1 aliphatic carbocycles. The number of hydrogen-bond donors (Lipinski definition) is 1. The van der Waals surface area contributed by atoms with Gasteiger partial charge in [0.05, 0.1) is 12.7 Å². The SMILES string of the molecule is Cc1cc(CO)cc2c1C=C(C#N)C2. The van der Waals surface area contributed by atoms with Gasteiger partial charge < -0.3 is 5.11 Å². The summed E-state index contributed by atoms with van der Waals surface area (Å²) in [6.45, 7) is 2.07. The van der Waals surface area contributed by atoms with E-state index >= 15 is 0 Å². The molecule has 1 aromatic rings. The van der Waals surface area contributed by atoms with Crippen molar-refractivity contribution in [1.82, 2.24) is 0 Å². The molecule has 2 heteroatoms. The third-order valence-electron chi connectivity index (χ3n) is 2.56. The monoisotopic (exact) mass is 185 g/mol. The molecule has 0 amide bonds. The van der Waals surface area contributed by atoms with Crippen molar-refractivity contribution in [3.63, 3.8) is 0 Å². The predicted octanol–water partition coefficient (Wildman–Crippen LogP) is 1.95. The van der Waals surface area contributed by atoms with Crippen LogP contribution in [0.25, 0.3) is 6.08 Å². The van der Waals surface area contributed by atoms with Gasteiger partial charge in [0.15, 0.2) is 0 Å². The summed E-state index contributed by atoms with van der Waals surface area (Å²) in [4.78, 5) is 0. The van der Waals surface area contributed by atoms with E-state index in [1.54, 1.807) is 0 Å². The van der Waals surface area contributed by atoms with E-state index < -0.39 is 0 Å². The summed E-state index contributed by atoms with van der Waals surface area (Å²) >= 11 is 0. The number of nitriles is 1. The topological polar surface area (TPSA) is 44.0 Å².